The summed E-state index contributed by atoms with van der Waals surface area (Å²) in [6, 6.07) is 55.3. The van der Waals surface area contributed by atoms with Crippen LogP contribution in [-0.2, 0) is 6.42 Å². The molecule has 10 rings (SSSR count). The van der Waals surface area contributed by atoms with Crippen LogP contribution >= 0.6 is 0 Å². The van der Waals surface area contributed by atoms with Gasteiger partial charge in [0.05, 0.1) is 11.7 Å². The number of anilines is 4. The van der Waals surface area contributed by atoms with Gasteiger partial charge in [0, 0.05) is 34.6 Å². The van der Waals surface area contributed by atoms with Crippen molar-refractivity contribution in [3.8, 4) is 22.3 Å². The minimum absolute atomic E-state index is 0.134. The summed E-state index contributed by atoms with van der Waals surface area (Å²) >= 11 is 0. The zero-order valence-electron chi connectivity index (χ0n) is 29.1. The predicted molar refractivity (Wildman–Crippen MR) is 216 cm³/mol. The van der Waals surface area contributed by atoms with Gasteiger partial charge in [-0.05, 0) is 105 Å². The van der Waals surface area contributed by atoms with Gasteiger partial charge in [-0.3, -0.25) is 0 Å². The minimum Gasteiger partial charge on any atom is -0.340 e. The average Bonchev–Trinajstić information content (AvgIpc) is 3.63. The van der Waals surface area contributed by atoms with Crippen LogP contribution in [0.25, 0.3) is 49.9 Å². The Labute approximate surface area is 303 Å². The number of halogens is 1. The summed E-state index contributed by atoms with van der Waals surface area (Å²) in [6.07, 6.45) is 4.15. The topological polar surface area (TPSA) is 6.48 Å². The molecule has 3 heteroatoms. The molecule has 1 aliphatic carbocycles. The molecule has 2 aliphatic rings. The van der Waals surface area contributed by atoms with Gasteiger partial charge in [-0.15, -0.1) is 0 Å². The highest BCUT2D eigenvalue weighted by atomic mass is 19.1. The van der Waals surface area contributed by atoms with Gasteiger partial charge in [-0.1, -0.05) is 133 Å². The Bertz CT molecular complexity index is 2680. The molecule has 8 aromatic rings. The Morgan fingerprint density at radius 3 is 2.17 bits per heavy atom. The molecule has 0 N–H and O–H groups in total. The lowest BCUT2D eigenvalue weighted by atomic mass is 9.85. The molecule has 0 aromatic heterocycles. The smallest absolute Gasteiger partial charge is 0.154 e. The van der Waals surface area contributed by atoms with Crippen LogP contribution in [0.5, 0.6) is 0 Å². The number of fused-ring (bicyclic) bond motifs is 1. The maximum Gasteiger partial charge on any atom is 0.154 e. The van der Waals surface area contributed by atoms with E-state index in [0.717, 1.165) is 41.8 Å². The van der Waals surface area contributed by atoms with Gasteiger partial charge in [-0.25, -0.2) is 4.39 Å². The number of rotatable bonds is 6. The van der Waals surface area contributed by atoms with E-state index in [4.69, 9.17) is 0 Å². The first kappa shape index (κ1) is 30.6. The molecule has 2 nitrogen and oxygen atoms in total. The van der Waals surface area contributed by atoms with Crippen molar-refractivity contribution < 1.29 is 4.39 Å². The Hall–Kier alpha value is -6.19. The van der Waals surface area contributed by atoms with Crippen molar-refractivity contribution in [3.63, 3.8) is 0 Å². The van der Waals surface area contributed by atoms with Crippen molar-refractivity contribution >= 4 is 50.4 Å². The Morgan fingerprint density at radius 1 is 0.635 bits per heavy atom. The van der Waals surface area contributed by atoms with Crippen LogP contribution in [0.3, 0.4) is 0 Å². The van der Waals surface area contributed by atoms with Gasteiger partial charge in [0.1, 0.15) is 0 Å². The molecule has 1 atom stereocenters. The summed E-state index contributed by atoms with van der Waals surface area (Å²) in [7, 11) is 0. The van der Waals surface area contributed by atoms with Gasteiger partial charge >= 0.3 is 0 Å². The van der Waals surface area contributed by atoms with Crippen molar-refractivity contribution in [2.75, 3.05) is 16.3 Å². The first-order valence-electron chi connectivity index (χ1n) is 18.3. The Kier molecular flexibility index (Phi) is 7.21. The van der Waals surface area contributed by atoms with Crippen LogP contribution < -0.4 is 15.0 Å². The highest BCUT2D eigenvalue weighted by Gasteiger charge is 2.31. The van der Waals surface area contributed by atoms with Gasteiger partial charge in [0.25, 0.3) is 0 Å². The number of hydrogen-bond acceptors (Lipinski definition) is 2. The normalized spacial score (nSPS) is 14.8. The molecule has 1 unspecified atom stereocenters. The van der Waals surface area contributed by atoms with E-state index in [1.54, 1.807) is 0 Å². The van der Waals surface area contributed by atoms with Gasteiger partial charge in [0.2, 0.25) is 0 Å². The zero-order chi connectivity index (χ0) is 34.8. The molecule has 52 heavy (non-hydrogen) atoms. The molecule has 0 fully saturated rings. The van der Waals surface area contributed by atoms with E-state index in [1.807, 2.05) is 54.6 Å². The average molecular weight is 673 g/mol. The summed E-state index contributed by atoms with van der Waals surface area (Å²) in [6.45, 7) is 3.07. The Balaban J connectivity index is 1.21. The monoisotopic (exact) mass is 672 g/mol. The zero-order valence-corrected chi connectivity index (χ0v) is 29.1. The summed E-state index contributed by atoms with van der Waals surface area (Å²) in [5.41, 5.74) is 11.4. The summed E-state index contributed by atoms with van der Waals surface area (Å²) in [5, 5.41) is 6.28. The van der Waals surface area contributed by atoms with E-state index >= 15 is 4.39 Å². The van der Waals surface area contributed by atoms with Gasteiger partial charge < -0.3 is 9.80 Å². The molecule has 1 aliphatic heterocycles. The van der Waals surface area contributed by atoms with E-state index < -0.39 is 0 Å². The fourth-order valence-corrected chi connectivity index (χ4v) is 8.67. The van der Waals surface area contributed by atoms with Gasteiger partial charge in [0.15, 0.2) is 5.82 Å². The van der Waals surface area contributed by atoms with Crippen LogP contribution in [0.15, 0.2) is 158 Å². The molecule has 0 spiro atoms. The van der Waals surface area contributed by atoms with Crippen LogP contribution in [-0.4, -0.2) is 6.54 Å². The highest BCUT2D eigenvalue weighted by Crippen LogP contribution is 2.47. The van der Waals surface area contributed by atoms with E-state index in [-0.39, 0.29) is 11.9 Å². The summed E-state index contributed by atoms with van der Waals surface area (Å²) in [5.74, 6) is -0.216. The lowest BCUT2D eigenvalue weighted by Gasteiger charge is -2.37. The quantitative estimate of drug-likeness (QED) is 0.173. The molecular weight excluding hydrogens is 636 g/mol. The standard InChI is InChI=1S/C49H37FN2/c1-32-16-22-39(23-17-32)52(46-31-38(33-10-4-2-5-11-33)30-42(49(46)50)34-12-6-3-7-13-34)45-27-21-37-18-24-40-44(51-29-28-35-14-8-9-15-43(35)51)26-20-36-19-25-41(45)48(37)47(36)40/h2-26,30-31,45H,27-29H2,1H3. The maximum atomic E-state index is 17.5. The first-order chi connectivity index (χ1) is 25.6. The third-order valence-electron chi connectivity index (χ3n) is 11.2. The lowest BCUT2D eigenvalue weighted by Crippen LogP contribution is -2.28. The van der Waals surface area contributed by atoms with Crippen molar-refractivity contribution in [2.24, 2.45) is 0 Å². The molecule has 0 saturated heterocycles. The fourth-order valence-electron chi connectivity index (χ4n) is 8.67. The molecule has 0 bridgehead atoms. The second-order valence-electron chi connectivity index (χ2n) is 14.2. The Morgan fingerprint density at radius 2 is 1.37 bits per heavy atom. The molecule has 0 amide bonds. The van der Waals surface area contributed by atoms with Crippen molar-refractivity contribution in [2.45, 2.75) is 25.8 Å². The number of nitrogens with zero attached hydrogens (tertiary/aromatic N) is 2. The number of benzene rings is 8. The highest BCUT2D eigenvalue weighted by molar-refractivity contribution is 6.17. The van der Waals surface area contributed by atoms with Crippen LogP contribution in [0.2, 0.25) is 0 Å². The SMILES string of the molecule is Cc1ccc(N(c2cc(-c3ccccc3)cc(-c3ccccc3)c2F)C2CC=c3ccc4c(N5CCc6ccccc65)ccc5ccc2c3c54)cc1. The molecule has 0 radical (unpaired) electrons. The largest absolute Gasteiger partial charge is 0.340 e. The summed E-state index contributed by atoms with van der Waals surface area (Å²) in [4.78, 5) is 4.74. The van der Waals surface area contributed by atoms with Crippen LogP contribution in [0.1, 0.15) is 29.2 Å². The lowest BCUT2D eigenvalue weighted by molar-refractivity contribution is 0.616. The van der Waals surface area contributed by atoms with E-state index in [9.17, 15) is 0 Å². The minimum atomic E-state index is -0.216. The van der Waals surface area contributed by atoms with Crippen molar-refractivity contribution in [1.82, 2.24) is 0 Å². The van der Waals surface area contributed by atoms with E-state index in [1.165, 1.54) is 54.8 Å². The summed E-state index contributed by atoms with van der Waals surface area (Å²) < 4.78 is 17.5. The third kappa shape index (κ3) is 4.92. The number of aryl methyl sites for hydroxylation is 1. The van der Waals surface area contributed by atoms with Crippen LogP contribution in [0.4, 0.5) is 27.1 Å². The van der Waals surface area contributed by atoms with Gasteiger partial charge in [-0.2, -0.15) is 0 Å². The van der Waals surface area contributed by atoms with E-state index in [2.05, 4.69) is 126 Å². The third-order valence-corrected chi connectivity index (χ3v) is 11.2. The second kappa shape index (κ2) is 12.2. The fraction of sp³-hybridized carbons (Fsp3) is 0.102. The predicted octanol–water partition coefficient (Wildman–Crippen LogP) is 12.3. The molecule has 1 heterocycles. The van der Waals surface area contributed by atoms with Crippen LogP contribution in [0, 0.1) is 12.7 Å². The first-order valence-corrected chi connectivity index (χ1v) is 18.3. The number of hydrogen-bond donors (Lipinski definition) is 0. The molecule has 8 aromatic carbocycles. The molecule has 0 saturated carbocycles. The van der Waals surface area contributed by atoms with Crippen molar-refractivity contribution in [1.29, 1.82) is 0 Å². The molecule has 250 valence electrons. The molecular formula is C49H37FN2. The number of para-hydroxylation sites is 1. The maximum absolute atomic E-state index is 17.5. The second-order valence-corrected chi connectivity index (χ2v) is 14.2. The van der Waals surface area contributed by atoms with Crippen molar-refractivity contribution in [3.05, 3.63) is 185 Å². The van der Waals surface area contributed by atoms with E-state index in [0.29, 0.717) is 11.3 Å².